The Hall–Kier alpha value is -0.730. The lowest BCUT2D eigenvalue weighted by Gasteiger charge is -2.02. The maximum absolute atomic E-state index is 10.9. The van der Waals surface area contributed by atoms with Gasteiger partial charge in [0.25, 0.3) is 0 Å². The number of aldehydes is 1. The average molecular weight is 219 g/mol. The van der Waals surface area contributed by atoms with Crippen LogP contribution in [-0.4, -0.2) is 23.3 Å². The second kappa shape index (κ2) is 4.99. The molecule has 0 radical (unpaired) electrons. The molecule has 0 heterocycles. The minimum atomic E-state index is -0.924. The SMILES string of the molecule is CC(=C=O)C(C=O)C(=O)CBr. The standard InChI is InChI=1S/C7H7BrO3/c1-5(3-9)6(4-10)7(11)2-8/h4,6H,2H2,1H3. The summed E-state index contributed by atoms with van der Waals surface area (Å²) >= 11 is 2.90. The van der Waals surface area contributed by atoms with E-state index >= 15 is 0 Å². The first-order chi connectivity index (χ1) is 5.17. The van der Waals surface area contributed by atoms with Crippen molar-refractivity contribution in [1.29, 1.82) is 0 Å². The molecule has 3 nitrogen and oxygen atoms in total. The molecule has 0 aromatic heterocycles. The summed E-state index contributed by atoms with van der Waals surface area (Å²) in [4.78, 5) is 31.2. The highest BCUT2D eigenvalue weighted by atomic mass is 79.9. The first-order valence-corrected chi connectivity index (χ1v) is 4.05. The predicted octanol–water partition coefficient (Wildman–Crippen LogP) is 0.543. The molecule has 1 atom stereocenters. The Balaban J connectivity index is 4.53. The van der Waals surface area contributed by atoms with Gasteiger partial charge in [0.2, 0.25) is 0 Å². The van der Waals surface area contributed by atoms with Crippen molar-refractivity contribution in [2.75, 3.05) is 5.33 Å². The number of hydrogen-bond acceptors (Lipinski definition) is 3. The van der Waals surface area contributed by atoms with Gasteiger partial charge in [-0.3, -0.25) is 4.79 Å². The molecule has 0 amide bonds. The second-order valence-electron chi connectivity index (χ2n) is 2.00. The van der Waals surface area contributed by atoms with Gasteiger partial charge >= 0.3 is 0 Å². The predicted molar refractivity (Wildman–Crippen MR) is 43.2 cm³/mol. The quantitative estimate of drug-likeness (QED) is 0.300. The highest BCUT2D eigenvalue weighted by molar-refractivity contribution is 9.09. The van der Waals surface area contributed by atoms with Crippen molar-refractivity contribution < 1.29 is 14.4 Å². The summed E-state index contributed by atoms with van der Waals surface area (Å²) in [7, 11) is 0. The van der Waals surface area contributed by atoms with E-state index in [9.17, 15) is 14.4 Å². The molecule has 0 aliphatic heterocycles. The molecule has 0 aromatic carbocycles. The molecule has 0 N–H and O–H groups in total. The zero-order valence-corrected chi connectivity index (χ0v) is 7.55. The van der Waals surface area contributed by atoms with Crippen LogP contribution in [-0.2, 0) is 14.4 Å². The van der Waals surface area contributed by atoms with Gasteiger partial charge in [0, 0.05) is 5.57 Å². The first kappa shape index (κ1) is 10.3. The van der Waals surface area contributed by atoms with E-state index in [0.29, 0.717) is 6.29 Å². The van der Waals surface area contributed by atoms with Gasteiger partial charge in [0.15, 0.2) is 5.78 Å². The lowest BCUT2D eigenvalue weighted by Crippen LogP contribution is -2.18. The van der Waals surface area contributed by atoms with E-state index < -0.39 is 5.92 Å². The third-order valence-electron chi connectivity index (χ3n) is 1.24. The maximum Gasteiger partial charge on any atom is 0.158 e. The monoisotopic (exact) mass is 218 g/mol. The van der Waals surface area contributed by atoms with Crippen LogP contribution in [0.4, 0.5) is 0 Å². The number of carbonyl (C=O) groups excluding carboxylic acids is 3. The van der Waals surface area contributed by atoms with Crippen molar-refractivity contribution in [3.63, 3.8) is 0 Å². The number of ketones is 1. The van der Waals surface area contributed by atoms with E-state index in [0.717, 1.165) is 0 Å². The number of hydrogen-bond donors (Lipinski definition) is 0. The molecule has 0 fully saturated rings. The molecule has 11 heavy (non-hydrogen) atoms. The Morgan fingerprint density at radius 1 is 1.73 bits per heavy atom. The van der Waals surface area contributed by atoms with Crippen molar-refractivity contribution >= 4 is 33.9 Å². The molecule has 0 spiro atoms. The van der Waals surface area contributed by atoms with Crippen LogP contribution in [0.1, 0.15) is 6.92 Å². The molecule has 0 aliphatic rings. The van der Waals surface area contributed by atoms with Crippen molar-refractivity contribution in [3.05, 3.63) is 5.57 Å². The fourth-order valence-electron chi connectivity index (χ4n) is 0.566. The maximum atomic E-state index is 10.9. The summed E-state index contributed by atoms with van der Waals surface area (Å²) < 4.78 is 0. The van der Waals surface area contributed by atoms with Gasteiger partial charge in [-0.25, -0.2) is 4.79 Å². The lowest BCUT2D eigenvalue weighted by atomic mass is 10.00. The zero-order chi connectivity index (χ0) is 8.85. The molecular weight excluding hydrogens is 212 g/mol. The van der Waals surface area contributed by atoms with Crippen LogP contribution in [0, 0.1) is 5.92 Å². The molecule has 0 aromatic rings. The third kappa shape index (κ3) is 2.78. The largest absolute Gasteiger partial charge is 0.302 e. The number of allylic oxidation sites excluding steroid dienone is 1. The number of rotatable bonds is 4. The van der Waals surface area contributed by atoms with Crippen molar-refractivity contribution in [2.24, 2.45) is 5.92 Å². The summed E-state index contributed by atoms with van der Waals surface area (Å²) in [5.74, 6) is 0.282. The van der Waals surface area contributed by atoms with E-state index in [-0.39, 0.29) is 16.7 Å². The molecule has 0 aliphatic carbocycles. The number of halogens is 1. The van der Waals surface area contributed by atoms with E-state index in [1.807, 2.05) is 0 Å². The van der Waals surface area contributed by atoms with Crippen molar-refractivity contribution in [3.8, 4) is 0 Å². The molecule has 0 saturated heterocycles. The van der Waals surface area contributed by atoms with Crippen LogP contribution in [0.15, 0.2) is 5.57 Å². The van der Waals surface area contributed by atoms with E-state index in [2.05, 4.69) is 15.9 Å². The lowest BCUT2D eigenvalue weighted by molar-refractivity contribution is -0.123. The van der Waals surface area contributed by atoms with Crippen molar-refractivity contribution in [2.45, 2.75) is 6.92 Å². The Kier molecular flexibility index (Phi) is 4.66. The molecule has 4 heteroatoms. The second-order valence-corrected chi connectivity index (χ2v) is 2.56. The van der Waals surface area contributed by atoms with E-state index in [1.54, 1.807) is 0 Å². The van der Waals surface area contributed by atoms with Gasteiger partial charge < -0.3 is 4.79 Å². The van der Waals surface area contributed by atoms with Crippen LogP contribution in [0.25, 0.3) is 0 Å². The highest BCUT2D eigenvalue weighted by Crippen LogP contribution is 2.06. The Morgan fingerprint density at radius 3 is 2.55 bits per heavy atom. The minimum absolute atomic E-state index is 0.0788. The van der Waals surface area contributed by atoms with Crippen LogP contribution in [0.3, 0.4) is 0 Å². The van der Waals surface area contributed by atoms with E-state index in [1.165, 1.54) is 12.9 Å². The molecule has 60 valence electrons. The fourth-order valence-corrected chi connectivity index (χ4v) is 0.915. The molecule has 0 bridgehead atoms. The van der Waals surface area contributed by atoms with Gasteiger partial charge in [-0.1, -0.05) is 15.9 Å². The first-order valence-electron chi connectivity index (χ1n) is 2.93. The van der Waals surface area contributed by atoms with Crippen LogP contribution in [0.5, 0.6) is 0 Å². The number of alkyl halides is 1. The molecule has 0 rings (SSSR count). The Bertz CT molecular complexity index is 216. The third-order valence-corrected chi connectivity index (χ3v) is 1.79. The molecular formula is C7H7BrO3. The Morgan fingerprint density at radius 2 is 2.27 bits per heavy atom. The fraction of sp³-hybridized carbons (Fsp3) is 0.429. The van der Waals surface area contributed by atoms with Gasteiger partial charge in [-0.15, -0.1) is 0 Å². The summed E-state index contributed by atoms with van der Waals surface area (Å²) in [5, 5.41) is 0.0788. The van der Waals surface area contributed by atoms with Gasteiger partial charge in [0.1, 0.15) is 18.1 Å². The normalized spacial score (nSPS) is 11.5. The van der Waals surface area contributed by atoms with Gasteiger partial charge in [-0.2, -0.15) is 0 Å². The minimum Gasteiger partial charge on any atom is -0.302 e. The molecule has 1 unspecified atom stereocenters. The summed E-state index contributed by atoms with van der Waals surface area (Å²) in [5.41, 5.74) is 0.129. The number of Topliss-reactive ketones (excluding diaryl/α,β-unsaturated/α-hetero) is 1. The van der Waals surface area contributed by atoms with Crippen molar-refractivity contribution in [1.82, 2.24) is 0 Å². The summed E-state index contributed by atoms with van der Waals surface area (Å²) in [6.45, 7) is 1.41. The number of carbonyl (C=O) groups is 2. The topological polar surface area (TPSA) is 51.2 Å². The van der Waals surface area contributed by atoms with Gasteiger partial charge in [0.05, 0.1) is 5.33 Å². The van der Waals surface area contributed by atoms with Crippen LogP contribution < -0.4 is 0 Å². The van der Waals surface area contributed by atoms with Crippen LogP contribution in [0.2, 0.25) is 0 Å². The van der Waals surface area contributed by atoms with E-state index in [4.69, 9.17) is 0 Å². The average Bonchev–Trinajstić information content (AvgIpc) is 2.05. The highest BCUT2D eigenvalue weighted by Gasteiger charge is 2.18. The summed E-state index contributed by atoms with van der Waals surface area (Å²) in [6, 6.07) is 0. The smallest absolute Gasteiger partial charge is 0.158 e. The Labute approximate surface area is 72.6 Å². The molecule has 0 saturated carbocycles. The van der Waals surface area contributed by atoms with Gasteiger partial charge in [-0.05, 0) is 6.92 Å². The van der Waals surface area contributed by atoms with Crippen LogP contribution >= 0.6 is 15.9 Å². The zero-order valence-electron chi connectivity index (χ0n) is 5.96. The summed E-state index contributed by atoms with van der Waals surface area (Å²) in [6.07, 6.45) is 0.448.